The van der Waals surface area contributed by atoms with Crippen LogP contribution in [0.15, 0.2) is 53.4 Å². The number of rotatable bonds is 6. The van der Waals surface area contributed by atoms with E-state index in [1.54, 1.807) is 19.1 Å². The molecule has 0 atom stereocenters. The molecule has 0 amide bonds. The minimum atomic E-state index is -3.54. The summed E-state index contributed by atoms with van der Waals surface area (Å²) < 4.78 is 30.9. The Hall–Kier alpha value is -2.91. The zero-order chi connectivity index (χ0) is 19.3. The zero-order valence-corrected chi connectivity index (χ0v) is 15.2. The highest BCUT2D eigenvalue weighted by atomic mass is 32.2. The number of nitrogens with one attached hydrogen (secondary N) is 2. The Balaban J connectivity index is 2.09. The van der Waals surface area contributed by atoms with E-state index in [-0.39, 0.29) is 16.6 Å². The molecule has 0 aliphatic heterocycles. The van der Waals surface area contributed by atoms with Crippen molar-refractivity contribution in [2.24, 2.45) is 5.73 Å². The summed E-state index contributed by atoms with van der Waals surface area (Å²) in [6.07, 6.45) is 0. The number of anilines is 1. The number of carbonyl (C=O) groups is 1. The van der Waals surface area contributed by atoms with Crippen LogP contribution in [0.25, 0.3) is 0 Å². The number of hydrogen-bond acceptors (Lipinski definition) is 5. The summed E-state index contributed by atoms with van der Waals surface area (Å²) in [5, 5.41) is 9.75. The number of esters is 1. The van der Waals surface area contributed by atoms with Crippen LogP contribution in [0.3, 0.4) is 0 Å². The third-order valence-corrected chi connectivity index (χ3v) is 5.53. The van der Waals surface area contributed by atoms with Crippen molar-refractivity contribution >= 4 is 27.6 Å². The average Bonchev–Trinajstić information content (AvgIpc) is 2.61. The Bertz CT molecular complexity index is 893. The van der Waals surface area contributed by atoms with Gasteiger partial charge in [0, 0.05) is 19.3 Å². The standard InChI is InChI=1S/C17H20N4O4S/c1-3-21(2)26(23,24)15-10-8-14(9-11-15)25-16(22)12-4-6-13(7-5-12)20-17(18)19/h4-11H,3H2,1-2H3,(H4,18,19,20). The van der Waals surface area contributed by atoms with Gasteiger partial charge in [-0.15, -0.1) is 0 Å². The van der Waals surface area contributed by atoms with Crippen LogP contribution in [0.1, 0.15) is 17.3 Å². The van der Waals surface area contributed by atoms with Crippen molar-refractivity contribution in [2.45, 2.75) is 11.8 Å². The summed E-state index contributed by atoms with van der Waals surface area (Å²) in [4.78, 5) is 12.3. The molecule has 2 rings (SSSR count). The second kappa shape index (κ2) is 7.98. The van der Waals surface area contributed by atoms with Crippen LogP contribution in [-0.2, 0) is 10.0 Å². The van der Waals surface area contributed by atoms with Crippen LogP contribution in [0.5, 0.6) is 5.75 Å². The molecule has 0 radical (unpaired) electrons. The first kappa shape index (κ1) is 19.4. The lowest BCUT2D eigenvalue weighted by Crippen LogP contribution is -2.26. The van der Waals surface area contributed by atoms with E-state index < -0.39 is 16.0 Å². The first-order valence-electron chi connectivity index (χ1n) is 7.73. The molecule has 0 saturated heterocycles. The highest BCUT2D eigenvalue weighted by molar-refractivity contribution is 7.89. The van der Waals surface area contributed by atoms with Crippen LogP contribution in [0.2, 0.25) is 0 Å². The Morgan fingerprint density at radius 3 is 2.23 bits per heavy atom. The molecule has 9 heteroatoms. The number of ether oxygens (including phenoxy) is 1. The first-order valence-corrected chi connectivity index (χ1v) is 9.17. The molecule has 0 fully saturated rings. The van der Waals surface area contributed by atoms with Crippen molar-refractivity contribution < 1.29 is 17.9 Å². The highest BCUT2D eigenvalue weighted by Gasteiger charge is 2.19. The maximum atomic E-state index is 12.2. The normalized spacial score (nSPS) is 11.2. The van der Waals surface area contributed by atoms with Crippen molar-refractivity contribution in [1.82, 2.24) is 4.31 Å². The van der Waals surface area contributed by atoms with Crippen LogP contribution in [0.4, 0.5) is 5.69 Å². The first-order chi connectivity index (χ1) is 12.2. The number of guanidine groups is 1. The van der Waals surface area contributed by atoms with Crippen molar-refractivity contribution in [3.63, 3.8) is 0 Å². The Labute approximate surface area is 152 Å². The molecule has 0 aliphatic carbocycles. The van der Waals surface area contributed by atoms with Gasteiger partial charge in [-0.25, -0.2) is 17.5 Å². The van der Waals surface area contributed by atoms with E-state index in [0.717, 1.165) is 0 Å². The number of nitrogens with zero attached hydrogens (tertiary/aromatic N) is 1. The molecule has 138 valence electrons. The van der Waals surface area contributed by atoms with Gasteiger partial charge in [-0.1, -0.05) is 6.92 Å². The summed E-state index contributed by atoms with van der Waals surface area (Å²) in [6, 6.07) is 11.9. The summed E-state index contributed by atoms with van der Waals surface area (Å²) in [6.45, 7) is 2.10. The summed E-state index contributed by atoms with van der Waals surface area (Å²) in [7, 11) is -2.05. The van der Waals surface area contributed by atoms with E-state index in [0.29, 0.717) is 17.8 Å². The predicted molar refractivity (Wildman–Crippen MR) is 98.9 cm³/mol. The number of hydrogen-bond donors (Lipinski definition) is 3. The lowest BCUT2D eigenvalue weighted by Gasteiger charge is -2.15. The van der Waals surface area contributed by atoms with Gasteiger partial charge in [0.1, 0.15) is 5.75 Å². The number of carbonyl (C=O) groups excluding carboxylic acids is 1. The fourth-order valence-electron chi connectivity index (χ4n) is 2.04. The average molecular weight is 376 g/mol. The molecule has 0 saturated carbocycles. The van der Waals surface area contributed by atoms with Gasteiger partial charge in [0.05, 0.1) is 10.5 Å². The van der Waals surface area contributed by atoms with Crippen molar-refractivity contribution in [2.75, 3.05) is 18.9 Å². The molecular weight excluding hydrogens is 356 g/mol. The molecule has 2 aromatic carbocycles. The van der Waals surface area contributed by atoms with Gasteiger partial charge >= 0.3 is 5.97 Å². The fraction of sp³-hybridized carbons (Fsp3) is 0.176. The van der Waals surface area contributed by atoms with Crippen molar-refractivity contribution in [3.8, 4) is 5.75 Å². The third-order valence-electron chi connectivity index (χ3n) is 3.59. The maximum absolute atomic E-state index is 12.2. The quantitative estimate of drug-likeness (QED) is 0.306. The molecular formula is C17H20N4O4S. The molecule has 0 bridgehead atoms. The topological polar surface area (TPSA) is 126 Å². The fourth-order valence-corrected chi connectivity index (χ4v) is 3.22. The minimum absolute atomic E-state index is 0.126. The third kappa shape index (κ3) is 4.58. The molecule has 26 heavy (non-hydrogen) atoms. The van der Waals surface area contributed by atoms with Crippen molar-refractivity contribution in [1.29, 1.82) is 5.41 Å². The lowest BCUT2D eigenvalue weighted by atomic mass is 10.2. The second-order valence-electron chi connectivity index (χ2n) is 5.40. The molecule has 8 nitrogen and oxygen atoms in total. The van der Waals surface area contributed by atoms with Gasteiger partial charge in [0.2, 0.25) is 10.0 Å². The maximum Gasteiger partial charge on any atom is 0.343 e. The van der Waals surface area contributed by atoms with E-state index in [9.17, 15) is 13.2 Å². The summed E-state index contributed by atoms with van der Waals surface area (Å²) in [5.74, 6) is -0.552. The molecule has 4 N–H and O–H groups in total. The van der Waals surface area contributed by atoms with E-state index in [2.05, 4.69) is 5.32 Å². The van der Waals surface area contributed by atoms with Crippen molar-refractivity contribution in [3.05, 3.63) is 54.1 Å². The zero-order valence-electron chi connectivity index (χ0n) is 14.4. The number of nitrogens with two attached hydrogens (primary N) is 1. The Kier molecular flexibility index (Phi) is 5.96. The van der Waals surface area contributed by atoms with Gasteiger partial charge in [0.15, 0.2) is 5.96 Å². The van der Waals surface area contributed by atoms with E-state index in [1.165, 1.54) is 47.8 Å². The molecule has 0 heterocycles. The predicted octanol–water partition coefficient (Wildman–Crippen LogP) is 1.85. The smallest absolute Gasteiger partial charge is 0.343 e. The van der Waals surface area contributed by atoms with E-state index in [4.69, 9.17) is 15.9 Å². The summed E-state index contributed by atoms with van der Waals surface area (Å²) in [5.41, 5.74) is 6.11. The molecule has 0 unspecified atom stereocenters. The molecule has 0 aliphatic rings. The lowest BCUT2D eigenvalue weighted by molar-refractivity contribution is 0.0734. The van der Waals surface area contributed by atoms with Gasteiger partial charge < -0.3 is 15.8 Å². The second-order valence-corrected chi connectivity index (χ2v) is 7.44. The van der Waals surface area contributed by atoms with Crippen LogP contribution in [0, 0.1) is 5.41 Å². The van der Waals surface area contributed by atoms with Gasteiger partial charge in [-0.2, -0.15) is 0 Å². The largest absolute Gasteiger partial charge is 0.423 e. The minimum Gasteiger partial charge on any atom is -0.423 e. The van der Waals surface area contributed by atoms with E-state index in [1.807, 2.05) is 0 Å². The monoisotopic (exact) mass is 376 g/mol. The highest BCUT2D eigenvalue weighted by Crippen LogP contribution is 2.20. The number of sulfonamides is 1. The van der Waals surface area contributed by atoms with Crippen LogP contribution >= 0.6 is 0 Å². The van der Waals surface area contributed by atoms with Crippen LogP contribution < -0.4 is 15.8 Å². The van der Waals surface area contributed by atoms with Gasteiger partial charge in [-0.05, 0) is 48.5 Å². The van der Waals surface area contributed by atoms with Gasteiger partial charge in [-0.3, -0.25) is 5.41 Å². The SMILES string of the molecule is CCN(C)S(=O)(=O)c1ccc(OC(=O)c2ccc(NC(=N)N)cc2)cc1. The molecule has 2 aromatic rings. The van der Waals surface area contributed by atoms with Gasteiger partial charge in [0.25, 0.3) is 0 Å². The number of benzene rings is 2. The Morgan fingerprint density at radius 1 is 1.15 bits per heavy atom. The summed E-state index contributed by atoms with van der Waals surface area (Å²) >= 11 is 0. The Morgan fingerprint density at radius 2 is 1.73 bits per heavy atom. The molecule has 0 spiro atoms. The van der Waals surface area contributed by atoms with E-state index >= 15 is 0 Å². The van der Waals surface area contributed by atoms with Crippen LogP contribution in [-0.4, -0.2) is 38.2 Å². The molecule has 0 aromatic heterocycles.